The lowest BCUT2D eigenvalue weighted by molar-refractivity contribution is -0.188. The molecule has 190 valence electrons. The number of amides is 1. The predicted molar refractivity (Wildman–Crippen MR) is 135 cm³/mol. The molecule has 1 aliphatic rings. The zero-order valence-corrected chi connectivity index (χ0v) is 20.6. The summed E-state index contributed by atoms with van der Waals surface area (Å²) in [5.74, 6) is 7.49. The molecular weight excluding hydrogens is 458 g/mol. The second kappa shape index (κ2) is 13.0. The summed E-state index contributed by atoms with van der Waals surface area (Å²) in [7, 11) is 0. The lowest BCUT2D eigenvalue weighted by Gasteiger charge is -2.26. The molecule has 2 aromatic heterocycles. The monoisotopic (exact) mass is 491 g/mol. The summed E-state index contributed by atoms with van der Waals surface area (Å²) in [6.45, 7) is 4.20. The highest BCUT2D eigenvalue weighted by Crippen LogP contribution is 2.25. The zero-order chi connectivity index (χ0) is 25.2. The van der Waals surface area contributed by atoms with Crippen LogP contribution in [0.5, 0.6) is 0 Å². The number of imidazole rings is 1. The first-order valence-corrected chi connectivity index (χ1v) is 12.4. The molecule has 0 aliphatic carbocycles. The molecular formula is C27H33N5O4. The van der Waals surface area contributed by atoms with Crippen LogP contribution < -0.4 is 11.1 Å². The van der Waals surface area contributed by atoms with Gasteiger partial charge in [-0.15, -0.1) is 0 Å². The van der Waals surface area contributed by atoms with Gasteiger partial charge in [-0.1, -0.05) is 17.0 Å². The Bertz CT molecular complexity index is 1170. The van der Waals surface area contributed by atoms with Crippen molar-refractivity contribution < 1.29 is 18.8 Å². The third-order valence-electron chi connectivity index (χ3n) is 5.85. The van der Waals surface area contributed by atoms with E-state index < -0.39 is 0 Å². The number of nitrogens with zero attached hydrogens (tertiary/aromatic N) is 3. The van der Waals surface area contributed by atoms with Gasteiger partial charge in [0, 0.05) is 42.6 Å². The Morgan fingerprint density at radius 1 is 1.33 bits per heavy atom. The molecule has 36 heavy (non-hydrogen) atoms. The maximum Gasteiger partial charge on any atom is 0.231 e. The number of nitrogens with two attached hydrogens (primary N) is 1. The highest BCUT2D eigenvalue weighted by molar-refractivity contribution is 5.75. The standard InChI is InChI=1S/C27H33N5O4/c1-20(35-26-8-4-6-16-34-26)27-30-14-15-32(27)19-23-17-24(36-31-23)22-11-9-21(10-12-22)7-3-2-5-13-29-18-25(28)33/h9-12,14-15,17,20,26,29H,2,4-6,8,13,16,18-19H2,1H3,(H2,28,33)/t20-,26?/m0/s1. The van der Waals surface area contributed by atoms with E-state index in [1.54, 1.807) is 6.20 Å². The van der Waals surface area contributed by atoms with Gasteiger partial charge in [-0.05, 0) is 63.4 Å². The Morgan fingerprint density at radius 3 is 2.97 bits per heavy atom. The number of ether oxygens (including phenoxy) is 2. The normalized spacial score (nSPS) is 16.3. The van der Waals surface area contributed by atoms with Crippen molar-refractivity contribution in [1.29, 1.82) is 0 Å². The first kappa shape index (κ1) is 25.6. The predicted octanol–water partition coefficient (Wildman–Crippen LogP) is 3.40. The number of rotatable bonds is 11. The molecule has 4 rings (SSSR count). The van der Waals surface area contributed by atoms with Crippen molar-refractivity contribution in [3.05, 3.63) is 59.8 Å². The summed E-state index contributed by atoms with van der Waals surface area (Å²) in [6, 6.07) is 9.84. The van der Waals surface area contributed by atoms with Crippen molar-refractivity contribution in [2.24, 2.45) is 5.73 Å². The number of carbonyl (C=O) groups is 1. The fraction of sp³-hybridized carbons (Fsp3) is 0.444. The van der Waals surface area contributed by atoms with E-state index in [0.717, 1.165) is 61.4 Å². The van der Waals surface area contributed by atoms with Crippen molar-refractivity contribution >= 4 is 5.91 Å². The molecule has 0 saturated carbocycles. The van der Waals surface area contributed by atoms with Gasteiger partial charge in [-0.3, -0.25) is 4.79 Å². The first-order valence-electron chi connectivity index (χ1n) is 12.4. The van der Waals surface area contributed by atoms with Crippen LogP contribution in [0.2, 0.25) is 0 Å². The Balaban J connectivity index is 1.29. The Morgan fingerprint density at radius 2 is 2.19 bits per heavy atom. The smallest absolute Gasteiger partial charge is 0.231 e. The zero-order valence-electron chi connectivity index (χ0n) is 20.6. The van der Waals surface area contributed by atoms with Gasteiger partial charge in [0.25, 0.3) is 0 Å². The quantitative estimate of drug-likeness (QED) is 0.312. The average Bonchev–Trinajstić information content (AvgIpc) is 3.54. The minimum absolute atomic E-state index is 0.171. The topological polar surface area (TPSA) is 117 Å². The fourth-order valence-corrected chi connectivity index (χ4v) is 4.01. The third kappa shape index (κ3) is 7.52. The Kier molecular flexibility index (Phi) is 9.27. The van der Waals surface area contributed by atoms with Gasteiger partial charge < -0.3 is 29.6 Å². The number of carbonyl (C=O) groups excluding carboxylic acids is 1. The second-order valence-corrected chi connectivity index (χ2v) is 8.80. The largest absolute Gasteiger partial charge is 0.369 e. The molecule has 1 fully saturated rings. The van der Waals surface area contributed by atoms with E-state index in [1.165, 1.54) is 0 Å². The van der Waals surface area contributed by atoms with Crippen molar-refractivity contribution in [1.82, 2.24) is 20.0 Å². The van der Waals surface area contributed by atoms with E-state index in [4.69, 9.17) is 19.7 Å². The summed E-state index contributed by atoms with van der Waals surface area (Å²) in [4.78, 5) is 15.2. The summed E-state index contributed by atoms with van der Waals surface area (Å²) in [5, 5.41) is 7.22. The molecule has 1 aromatic carbocycles. The lowest BCUT2D eigenvalue weighted by atomic mass is 10.1. The molecule has 3 heterocycles. The summed E-state index contributed by atoms with van der Waals surface area (Å²) >= 11 is 0. The van der Waals surface area contributed by atoms with Crippen molar-refractivity contribution in [3.63, 3.8) is 0 Å². The molecule has 3 aromatic rings. The van der Waals surface area contributed by atoms with Crippen LogP contribution in [0.25, 0.3) is 11.3 Å². The minimum atomic E-state index is -0.351. The number of nitrogens with one attached hydrogen (secondary N) is 1. The molecule has 0 bridgehead atoms. The van der Waals surface area contributed by atoms with Gasteiger partial charge in [-0.25, -0.2) is 4.98 Å². The van der Waals surface area contributed by atoms with Crippen LogP contribution in [-0.2, 0) is 20.8 Å². The minimum Gasteiger partial charge on any atom is -0.369 e. The highest BCUT2D eigenvalue weighted by Gasteiger charge is 2.21. The molecule has 2 atom stereocenters. The van der Waals surface area contributed by atoms with Gasteiger partial charge in [0.2, 0.25) is 5.91 Å². The van der Waals surface area contributed by atoms with Crippen molar-refractivity contribution in [2.75, 3.05) is 19.7 Å². The molecule has 1 aliphatic heterocycles. The lowest BCUT2D eigenvalue weighted by Crippen LogP contribution is -2.29. The van der Waals surface area contributed by atoms with Crippen LogP contribution in [0.3, 0.4) is 0 Å². The van der Waals surface area contributed by atoms with E-state index in [2.05, 4.69) is 27.3 Å². The summed E-state index contributed by atoms with van der Waals surface area (Å²) in [6.07, 6.45) is 8.07. The van der Waals surface area contributed by atoms with Gasteiger partial charge >= 0.3 is 0 Å². The average molecular weight is 492 g/mol. The summed E-state index contributed by atoms with van der Waals surface area (Å²) < 4.78 is 19.4. The van der Waals surface area contributed by atoms with Crippen molar-refractivity contribution in [2.45, 2.75) is 58.0 Å². The Labute approximate surface area is 211 Å². The third-order valence-corrected chi connectivity index (χ3v) is 5.85. The maximum atomic E-state index is 10.7. The molecule has 1 amide bonds. The Hall–Kier alpha value is -3.45. The molecule has 0 spiro atoms. The highest BCUT2D eigenvalue weighted by atomic mass is 16.7. The van der Waals surface area contributed by atoms with E-state index in [9.17, 15) is 4.79 Å². The van der Waals surface area contributed by atoms with Crippen LogP contribution >= 0.6 is 0 Å². The molecule has 1 saturated heterocycles. The number of hydrogen-bond donors (Lipinski definition) is 2. The number of benzene rings is 1. The molecule has 9 nitrogen and oxygen atoms in total. The van der Waals surface area contributed by atoms with Crippen LogP contribution in [0.1, 0.15) is 62.2 Å². The van der Waals surface area contributed by atoms with Crippen LogP contribution in [0.15, 0.2) is 47.2 Å². The molecule has 9 heteroatoms. The van der Waals surface area contributed by atoms with E-state index in [1.807, 2.05) is 48.0 Å². The summed E-state index contributed by atoms with van der Waals surface area (Å²) in [5.41, 5.74) is 7.76. The molecule has 1 unspecified atom stereocenters. The first-order chi connectivity index (χ1) is 17.6. The molecule has 0 radical (unpaired) electrons. The van der Waals surface area contributed by atoms with Crippen LogP contribution in [0.4, 0.5) is 0 Å². The SMILES string of the molecule is C[C@H](OC1CCCCO1)c1nccn1Cc1cc(-c2ccc(C#CCCCNCC(N)=O)cc2)on1. The van der Waals surface area contributed by atoms with Crippen LogP contribution in [-0.4, -0.2) is 46.6 Å². The number of primary amides is 1. The van der Waals surface area contributed by atoms with E-state index >= 15 is 0 Å². The van der Waals surface area contributed by atoms with Gasteiger partial charge in [-0.2, -0.15) is 0 Å². The number of unbranched alkanes of at least 4 members (excludes halogenated alkanes) is 1. The van der Waals surface area contributed by atoms with Gasteiger partial charge in [0.15, 0.2) is 12.1 Å². The van der Waals surface area contributed by atoms with Crippen LogP contribution in [0, 0.1) is 11.8 Å². The van der Waals surface area contributed by atoms with E-state index in [-0.39, 0.29) is 24.8 Å². The van der Waals surface area contributed by atoms with E-state index in [0.29, 0.717) is 18.8 Å². The second-order valence-electron chi connectivity index (χ2n) is 8.80. The number of aromatic nitrogens is 3. The van der Waals surface area contributed by atoms with Gasteiger partial charge in [0.05, 0.1) is 13.1 Å². The number of hydrogen-bond acceptors (Lipinski definition) is 7. The fourth-order valence-electron chi connectivity index (χ4n) is 4.01. The maximum absolute atomic E-state index is 10.7. The molecule has 3 N–H and O–H groups in total. The van der Waals surface area contributed by atoms with Gasteiger partial charge in [0.1, 0.15) is 17.6 Å². The van der Waals surface area contributed by atoms with Crippen molar-refractivity contribution in [3.8, 4) is 23.2 Å².